The fourth-order valence-electron chi connectivity index (χ4n) is 3.48. The van der Waals surface area contributed by atoms with E-state index in [0.717, 1.165) is 39.6 Å². The Balaban J connectivity index is 1.55. The lowest BCUT2D eigenvalue weighted by atomic mass is 10.0. The Hall–Kier alpha value is -3.99. The van der Waals surface area contributed by atoms with Gasteiger partial charge in [-0.1, -0.05) is 24.3 Å². The summed E-state index contributed by atoms with van der Waals surface area (Å²) in [5.74, 6) is -0.0737. The number of hydrogen-bond donors (Lipinski definition) is 1. The number of carbonyl (C=O) groups is 1. The minimum atomic E-state index is -0.0737. The maximum Gasteiger partial charge on any atom is 0.230 e. The number of amides is 1. The molecular formula is C24H18N4O. The highest BCUT2D eigenvalue weighted by Crippen LogP contribution is 2.32. The molecule has 140 valence electrons. The van der Waals surface area contributed by atoms with Crippen molar-refractivity contribution in [1.82, 2.24) is 9.55 Å². The van der Waals surface area contributed by atoms with Crippen molar-refractivity contribution in [3.8, 4) is 16.9 Å². The number of hydrogen-bond acceptors (Lipinski definition) is 3. The molecule has 29 heavy (non-hydrogen) atoms. The number of fused-ring (bicyclic) bond motifs is 1. The quantitative estimate of drug-likeness (QED) is 0.545. The van der Waals surface area contributed by atoms with E-state index in [0.29, 0.717) is 0 Å². The Morgan fingerprint density at radius 3 is 2.55 bits per heavy atom. The van der Waals surface area contributed by atoms with E-state index < -0.39 is 0 Å². The van der Waals surface area contributed by atoms with Gasteiger partial charge in [-0.3, -0.25) is 14.8 Å². The summed E-state index contributed by atoms with van der Waals surface area (Å²) in [6.45, 7) is 0. The second-order valence-electron chi connectivity index (χ2n) is 6.87. The molecule has 0 saturated heterocycles. The Labute approximate surface area is 168 Å². The van der Waals surface area contributed by atoms with Gasteiger partial charge >= 0.3 is 0 Å². The van der Waals surface area contributed by atoms with Crippen LogP contribution < -0.4 is 5.32 Å². The van der Waals surface area contributed by atoms with Crippen molar-refractivity contribution in [2.45, 2.75) is 6.42 Å². The standard InChI is InChI=1S/C24H18N4O/c29-24-16-22(18-7-5-6-17(14-18)20-8-1-2-11-25-20)26-21-10-9-19(15-23(21)27-24)28-12-3-4-13-28/h1-15H,16H2,(H,27,29). The van der Waals surface area contributed by atoms with Gasteiger partial charge in [-0.2, -0.15) is 0 Å². The molecule has 0 radical (unpaired) electrons. The van der Waals surface area contributed by atoms with Gasteiger partial charge in [0.1, 0.15) is 0 Å². The Kier molecular flexibility index (Phi) is 4.26. The van der Waals surface area contributed by atoms with E-state index >= 15 is 0 Å². The van der Waals surface area contributed by atoms with Crippen molar-refractivity contribution >= 4 is 23.0 Å². The number of rotatable bonds is 3. The van der Waals surface area contributed by atoms with E-state index in [1.165, 1.54) is 0 Å². The molecule has 2 aromatic carbocycles. The van der Waals surface area contributed by atoms with Crippen molar-refractivity contribution in [2.24, 2.45) is 4.99 Å². The first-order chi connectivity index (χ1) is 14.3. The number of carbonyl (C=O) groups excluding carboxylic acids is 1. The van der Waals surface area contributed by atoms with E-state index in [-0.39, 0.29) is 12.3 Å². The molecule has 1 N–H and O–H groups in total. The van der Waals surface area contributed by atoms with Gasteiger partial charge in [0.15, 0.2) is 0 Å². The highest BCUT2D eigenvalue weighted by Gasteiger charge is 2.18. The van der Waals surface area contributed by atoms with Gasteiger partial charge in [-0.25, -0.2) is 0 Å². The average molecular weight is 378 g/mol. The lowest BCUT2D eigenvalue weighted by Crippen LogP contribution is -2.15. The molecule has 0 saturated carbocycles. The molecule has 5 heteroatoms. The first kappa shape index (κ1) is 17.1. The maximum atomic E-state index is 12.6. The van der Waals surface area contributed by atoms with Crippen LogP contribution in [0.3, 0.4) is 0 Å². The summed E-state index contributed by atoms with van der Waals surface area (Å²) in [5, 5.41) is 2.99. The largest absolute Gasteiger partial charge is 0.324 e. The number of aromatic nitrogens is 2. The lowest BCUT2D eigenvalue weighted by Gasteiger charge is -2.08. The van der Waals surface area contributed by atoms with Crippen LogP contribution in [0.4, 0.5) is 11.4 Å². The summed E-state index contributed by atoms with van der Waals surface area (Å²) < 4.78 is 2.00. The van der Waals surface area contributed by atoms with Crippen molar-refractivity contribution in [3.63, 3.8) is 0 Å². The van der Waals surface area contributed by atoms with Crippen LogP contribution in [0.15, 0.2) is 96.4 Å². The van der Waals surface area contributed by atoms with Gasteiger partial charge in [0.2, 0.25) is 5.91 Å². The third kappa shape index (κ3) is 3.46. The highest BCUT2D eigenvalue weighted by molar-refractivity contribution is 6.17. The van der Waals surface area contributed by atoms with Crippen LogP contribution in [0.5, 0.6) is 0 Å². The molecular weight excluding hydrogens is 360 g/mol. The van der Waals surface area contributed by atoms with Crippen molar-refractivity contribution in [1.29, 1.82) is 0 Å². The van der Waals surface area contributed by atoms with Crippen LogP contribution in [-0.4, -0.2) is 21.2 Å². The second kappa shape index (κ2) is 7.20. The zero-order valence-corrected chi connectivity index (χ0v) is 15.6. The number of nitrogens with one attached hydrogen (secondary N) is 1. The molecule has 4 aromatic rings. The smallest absolute Gasteiger partial charge is 0.230 e. The molecule has 0 unspecified atom stereocenters. The van der Waals surface area contributed by atoms with E-state index in [1.54, 1.807) is 6.20 Å². The van der Waals surface area contributed by atoms with Crippen LogP contribution in [0, 0.1) is 0 Å². The molecule has 5 rings (SSSR count). The van der Waals surface area contributed by atoms with E-state index in [2.05, 4.69) is 10.3 Å². The second-order valence-corrected chi connectivity index (χ2v) is 6.87. The zero-order chi connectivity index (χ0) is 19.6. The predicted octanol–water partition coefficient (Wildman–Crippen LogP) is 5.00. The van der Waals surface area contributed by atoms with Crippen molar-refractivity contribution in [3.05, 3.63) is 97.0 Å². The molecule has 0 bridgehead atoms. The van der Waals surface area contributed by atoms with Gasteiger partial charge in [0, 0.05) is 29.8 Å². The van der Waals surface area contributed by atoms with Gasteiger partial charge in [0.25, 0.3) is 0 Å². The van der Waals surface area contributed by atoms with Crippen LogP contribution in [0.2, 0.25) is 0 Å². The summed E-state index contributed by atoms with van der Waals surface area (Å²) in [4.78, 5) is 21.8. The van der Waals surface area contributed by atoms with Gasteiger partial charge < -0.3 is 9.88 Å². The third-order valence-corrected chi connectivity index (χ3v) is 4.90. The molecule has 1 aliphatic rings. The molecule has 0 atom stereocenters. The lowest BCUT2D eigenvalue weighted by molar-refractivity contribution is -0.115. The molecule has 1 aliphatic heterocycles. The van der Waals surface area contributed by atoms with Crippen LogP contribution in [0.25, 0.3) is 16.9 Å². The third-order valence-electron chi connectivity index (χ3n) is 4.90. The van der Waals surface area contributed by atoms with Gasteiger partial charge in [0.05, 0.1) is 29.2 Å². The summed E-state index contributed by atoms with van der Waals surface area (Å²) in [5.41, 5.74) is 6.01. The topological polar surface area (TPSA) is 59.3 Å². The molecule has 5 nitrogen and oxygen atoms in total. The molecule has 2 aromatic heterocycles. The van der Waals surface area contributed by atoms with Crippen molar-refractivity contribution in [2.75, 3.05) is 5.32 Å². The first-order valence-corrected chi connectivity index (χ1v) is 9.43. The van der Waals surface area contributed by atoms with Crippen molar-refractivity contribution < 1.29 is 4.79 Å². The van der Waals surface area contributed by atoms with Gasteiger partial charge in [-0.05, 0) is 54.1 Å². The summed E-state index contributed by atoms with van der Waals surface area (Å²) in [6.07, 6.45) is 5.94. The SMILES string of the molecule is O=C1CC(c2cccc(-c3ccccn3)c2)=Nc2ccc(-n3cccc3)cc2N1. The number of benzene rings is 2. The normalized spacial score (nSPS) is 13.2. The molecule has 0 fully saturated rings. The summed E-state index contributed by atoms with van der Waals surface area (Å²) in [7, 11) is 0. The van der Waals surface area contributed by atoms with E-state index in [1.807, 2.05) is 89.8 Å². The monoisotopic (exact) mass is 378 g/mol. The minimum Gasteiger partial charge on any atom is -0.324 e. The number of nitrogens with zero attached hydrogens (tertiary/aromatic N) is 3. The Bertz CT molecular complexity index is 1210. The van der Waals surface area contributed by atoms with Crippen LogP contribution in [-0.2, 0) is 4.79 Å². The van der Waals surface area contributed by atoms with Gasteiger partial charge in [-0.15, -0.1) is 0 Å². The first-order valence-electron chi connectivity index (χ1n) is 9.43. The molecule has 1 amide bonds. The highest BCUT2D eigenvalue weighted by atomic mass is 16.1. The Morgan fingerprint density at radius 2 is 1.72 bits per heavy atom. The van der Waals surface area contributed by atoms with Crippen LogP contribution >= 0.6 is 0 Å². The Morgan fingerprint density at radius 1 is 0.862 bits per heavy atom. The minimum absolute atomic E-state index is 0.0737. The fourth-order valence-corrected chi connectivity index (χ4v) is 3.48. The predicted molar refractivity (Wildman–Crippen MR) is 115 cm³/mol. The average Bonchev–Trinajstić information content (AvgIpc) is 3.24. The van der Waals surface area contributed by atoms with E-state index in [4.69, 9.17) is 4.99 Å². The number of aliphatic imine (C=N–C) groups is 1. The molecule has 0 spiro atoms. The number of pyridine rings is 1. The summed E-state index contributed by atoms with van der Waals surface area (Å²) >= 11 is 0. The van der Waals surface area contributed by atoms with E-state index in [9.17, 15) is 4.79 Å². The van der Waals surface area contributed by atoms with Crippen LogP contribution in [0.1, 0.15) is 12.0 Å². The maximum absolute atomic E-state index is 12.6. The zero-order valence-electron chi connectivity index (χ0n) is 15.6. The summed E-state index contributed by atoms with van der Waals surface area (Å²) in [6, 6.07) is 23.7. The number of anilines is 1. The fraction of sp³-hybridized carbons (Fsp3) is 0.0417. The molecule has 0 aliphatic carbocycles. The molecule has 3 heterocycles.